The number of ether oxygens (including phenoxy) is 1. The number of carbonyl (C=O) groups excluding carboxylic acids is 1. The van der Waals surface area contributed by atoms with Gasteiger partial charge in [-0.15, -0.1) is 11.8 Å². The van der Waals surface area contributed by atoms with Gasteiger partial charge in [0.05, 0.1) is 12.2 Å². The summed E-state index contributed by atoms with van der Waals surface area (Å²) in [6.45, 7) is 1.53. The predicted molar refractivity (Wildman–Crippen MR) is 104 cm³/mol. The molecular weight excluding hydrogens is 388 g/mol. The Morgan fingerprint density at radius 1 is 1.21 bits per heavy atom. The third-order valence-corrected chi connectivity index (χ3v) is 4.67. The van der Waals surface area contributed by atoms with Crippen LogP contribution in [0, 0.1) is 0 Å². The average molecular weight is 409 g/mol. The first-order valence-electron chi connectivity index (χ1n) is 7.58. The monoisotopic (exact) mass is 408 g/mol. The standard InChI is InChI=1S/C18H21BrN2O2S/c1-21(11-12-23-15-9-7-14(19)8-10-15)13-18(22)20-16-5-3-4-6-17(16)24-2/h3-10H,11-13H2,1-2H3,(H,20,22). The highest BCUT2D eigenvalue weighted by atomic mass is 79.9. The molecule has 2 aromatic rings. The van der Waals surface area contributed by atoms with E-state index in [-0.39, 0.29) is 5.91 Å². The number of benzene rings is 2. The van der Waals surface area contributed by atoms with Crippen LogP contribution >= 0.6 is 27.7 Å². The fraction of sp³-hybridized carbons (Fsp3) is 0.278. The van der Waals surface area contributed by atoms with Crippen molar-refractivity contribution in [3.8, 4) is 5.75 Å². The lowest BCUT2D eigenvalue weighted by molar-refractivity contribution is -0.117. The van der Waals surface area contributed by atoms with Crippen LogP contribution in [-0.2, 0) is 4.79 Å². The molecule has 0 heterocycles. The van der Waals surface area contributed by atoms with Crippen molar-refractivity contribution >= 4 is 39.3 Å². The molecule has 2 aromatic carbocycles. The number of nitrogens with zero attached hydrogens (tertiary/aromatic N) is 1. The summed E-state index contributed by atoms with van der Waals surface area (Å²) >= 11 is 5.01. The number of para-hydroxylation sites is 1. The van der Waals surface area contributed by atoms with Crippen LogP contribution in [0.5, 0.6) is 5.75 Å². The van der Waals surface area contributed by atoms with Crippen LogP contribution in [0.15, 0.2) is 57.9 Å². The van der Waals surface area contributed by atoms with Gasteiger partial charge in [0.15, 0.2) is 0 Å². The Hall–Kier alpha value is -1.50. The summed E-state index contributed by atoms with van der Waals surface area (Å²) in [5, 5.41) is 2.96. The Bertz CT molecular complexity index is 664. The number of carbonyl (C=O) groups is 1. The molecule has 1 N–H and O–H groups in total. The van der Waals surface area contributed by atoms with E-state index in [0.717, 1.165) is 20.8 Å². The first kappa shape index (κ1) is 18.8. The number of anilines is 1. The van der Waals surface area contributed by atoms with Crippen LogP contribution in [0.3, 0.4) is 0 Å². The first-order chi connectivity index (χ1) is 11.6. The summed E-state index contributed by atoms with van der Waals surface area (Å²) in [5.41, 5.74) is 0.856. The van der Waals surface area contributed by atoms with E-state index in [9.17, 15) is 4.79 Å². The van der Waals surface area contributed by atoms with E-state index in [1.165, 1.54) is 0 Å². The van der Waals surface area contributed by atoms with Crippen LogP contribution < -0.4 is 10.1 Å². The van der Waals surface area contributed by atoms with E-state index in [0.29, 0.717) is 19.7 Å². The molecule has 6 heteroatoms. The maximum Gasteiger partial charge on any atom is 0.238 e. The molecule has 0 aromatic heterocycles. The fourth-order valence-electron chi connectivity index (χ4n) is 2.11. The smallest absolute Gasteiger partial charge is 0.238 e. The van der Waals surface area contributed by atoms with Gasteiger partial charge in [0, 0.05) is 15.9 Å². The number of amides is 1. The summed E-state index contributed by atoms with van der Waals surface area (Å²) < 4.78 is 6.69. The summed E-state index contributed by atoms with van der Waals surface area (Å²) in [6.07, 6.45) is 2.00. The molecule has 1 amide bonds. The molecule has 0 spiro atoms. The van der Waals surface area contributed by atoms with Crippen molar-refractivity contribution in [2.24, 2.45) is 0 Å². The Morgan fingerprint density at radius 2 is 1.92 bits per heavy atom. The van der Waals surface area contributed by atoms with E-state index in [1.54, 1.807) is 11.8 Å². The normalized spacial score (nSPS) is 10.7. The molecule has 0 saturated heterocycles. The summed E-state index contributed by atoms with van der Waals surface area (Å²) in [4.78, 5) is 15.2. The van der Waals surface area contributed by atoms with E-state index in [1.807, 2.05) is 66.7 Å². The number of hydrogen-bond donors (Lipinski definition) is 1. The molecule has 0 atom stereocenters. The van der Waals surface area contributed by atoms with Crippen molar-refractivity contribution in [2.45, 2.75) is 4.90 Å². The lowest BCUT2D eigenvalue weighted by Gasteiger charge is -2.17. The second-order valence-corrected chi connectivity index (χ2v) is 7.05. The zero-order valence-electron chi connectivity index (χ0n) is 13.8. The van der Waals surface area contributed by atoms with E-state index >= 15 is 0 Å². The van der Waals surface area contributed by atoms with Crippen LogP contribution in [-0.4, -0.2) is 43.8 Å². The van der Waals surface area contributed by atoms with Crippen LogP contribution in [0.1, 0.15) is 0 Å². The molecule has 0 fully saturated rings. The number of halogens is 1. The second kappa shape index (κ2) is 9.71. The number of nitrogens with one attached hydrogen (secondary N) is 1. The maximum atomic E-state index is 12.2. The van der Waals surface area contributed by atoms with E-state index < -0.39 is 0 Å². The number of thioether (sulfide) groups is 1. The Kier molecular flexibility index (Phi) is 7.62. The molecule has 0 aliphatic rings. The van der Waals surface area contributed by atoms with Gasteiger partial charge in [-0.25, -0.2) is 0 Å². The van der Waals surface area contributed by atoms with E-state index in [2.05, 4.69) is 21.2 Å². The van der Waals surface area contributed by atoms with Gasteiger partial charge in [-0.1, -0.05) is 28.1 Å². The molecule has 0 saturated carbocycles. The highest BCUT2D eigenvalue weighted by Gasteiger charge is 2.09. The third-order valence-electron chi connectivity index (χ3n) is 3.35. The molecule has 128 valence electrons. The molecule has 0 radical (unpaired) electrons. The Balaban J connectivity index is 1.74. The van der Waals surface area contributed by atoms with Crippen molar-refractivity contribution in [2.75, 3.05) is 38.3 Å². The van der Waals surface area contributed by atoms with Gasteiger partial charge < -0.3 is 10.1 Å². The highest BCUT2D eigenvalue weighted by molar-refractivity contribution is 9.10. The minimum atomic E-state index is -0.0253. The summed E-state index contributed by atoms with van der Waals surface area (Å²) in [5.74, 6) is 0.799. The minimum absolute atomic E-state index is 0.0253. The molecule has 2 rings (SSSR count). The van der Waals surface area contributed by atoms with Crippen molar-refractivity contribution in [1.82, 2.24) is 4.90 Å². The summed E-state index contributed by atoms with van der Waals surface area (Å²) in [6, 6.07) is 15.5. The van der Waals surface area contributed by atoms with Crippen LogP contribution in [0.4, 0.5) is 5.69 Å². The molecule has 0 unspecified atom stereocenters. The fourth-order valence-corrected chi connectivity index (χ4v) is 2.93. The number of rotatable bonds is 8. The van der Waals surface area contributed by atoms with Gasteiger partial charge in [0.25, 0.3) is 0 Å². The number of likely N-dealkylation sites (N-methyl/N-ethyl adjacent to an activating group) is 1. The van der Waals surface area contributed by atoms with Gasteiger partial charge >= 0.3 is 0 Å². The second-order valence-electron chi connectivity index (χ2n) is 5.29. The molecule has 4 nitrogen and oxygen atoms in total. The zero-order valence-corrected chi connectivity index (χ0v) is 16.2. The maximum absolute atomic E-state index is 12.2. The number of hydrogen-bond acceptors (Lipinski definition) is 4. The third kappa shape index (κ3) is 6.19. The van der Waals surface area contributed by atoms with Crippen molar-refractivity contribution < 1.29 is 9.53 Å². The zero-order chi connectivity index (χ0) is 17.4. The molecule has 0 bridgehead atoms. The predicted octanol–water partition coefficient (Wildman–Crippen LogP) is 4.12. The topological polar surface area (TPSA) is 41.6 Å². The van der Waals surface area contributed by atoms with Crippen molar-refractivity contribution in [1.29, 1.82) is 0 Å². The highest BCUT2D eigenvalue weighted by Crippen LogP contribution is 2.24. The minimum Gasteiger partial charge on any atom is -0.492 e. The Morgan fingerprint density at radius 3 is 2.62 bits per heavy atom. The first-order valence-corrected chi connectivity index (χ1v) is 9.60. The quantitative estimate of drug-likeness (QED) is 0.666. The van der Waals surface area contributed by atoms with Crippen molar-refractivity contribution in [3.63, 3.8) is 0 Å². The average Bonchev–Trinajstić information content (AvgIpc) is 2.57. The molecule has 24 heavy (non-hydrogen) atoms. The van der Waals surface area contributed by atoms with Gasteiger partial charge in [-0.05, 0) is 49.7 Å². The van der Waals surface area contributed by atoms with Gasteiger partial charge in [0.2, 0.25) is 5.91 Å². The van der Waals surface area contributed by atoms with Crippen LogP contribution in [0.25, 0.3) is 0 Å². The van der Waals surface area contributed by atoms with Gasteiger partial charge in [-0.2, -0.15) is 0 Å². The van der Waals surface area contributed by atoms with E-state index in [4.69, 9.17) is 4.74 Å². The van der Waals surface area contributed by atoms with Gasteiger partial charge in [-0.3, -0.25) is 9.69 Å². The molecular formula is C18H21BrN2O2S. The van der Waals surface area contributed by atoms with Crippen molar-refractivity contribution in [3.05, 3.63) is 53.0 Å². The molecule has 0 aliphatic heterocycles. The lowest BCUT2D eigenvalue weighted by Crippen LogP contribution is -2.33. The largest absolute Gasteiger partial charge is 0.492 e. The lowest BCUT2D eigenvalue weighted by atomic mass is 10.3. The molecule has 0 aliphatic carbocycles. The summed E-state index contributed by atoms with van der Waals surface area (Å²) in [7, 11) is 1.91. The van der Waals surface area contributed by atoms with Crippen LogP contribution in [0.2, 0.25) is 0 Å². The van der Waals surface area contributed by atoms with Gasteiger partial charge in [0.1, 0.15) is 12.4 Å². The Labute approximate surface area is 155 Å². The SMILES string of the molecule is CSc1ccccc1NC(=O)CN(C)CCOc1ccc(Br)cc1.